The Morgan fingerprint density at radius 2 is 1.97 bits per heavy atom. The molecule has 0 fully saturated rings. The van der Waals surface area contributed by atoms with E-state index in [1.54, 1.807) is 24.7 Å². The minimum absolute atomic E-state index is 0.0573. The van der Waals surface area contributed by atoms with Gasteiger partial charge in [-0.2, -0.15) is 5.10 Å². The summed E-state index contributed by atoms with van der Waals surface area (Å²) in [5, 5.41) is 10.3. The lowest BCUT2D eigenvalue weighted by atomic mass is 10.1. The summed E-state index contributed by atoms with van der Waals surface area (Å²) in [4.78, 5) is 33.4. The van der Waals surface area contributed by atoms with Gasteiger partial charge >= 0.3 is 0 Å². The van der Waals surface area contributed by atoms with Gasteiger partial charge in [-0.05, 0) is 48.4 Å². The maximum Gasteiger partial charge on any atom is 0.224 e. The largest absolute Gasteiger partial charge is 0.335 e. The van der Waals surface area contributed by atoms with E-state index in [9.17, 15) is 9.18 Å². The van der Waals surface area contributed by atoms with Gasteiger partial charge in [0.2, 0.25) is 5.91 Å². The predicted molar refractivity (Wildman–Crippen MR) is 139 cm³/mol. The van der Waals surface area contributed by atoms with Gasteiger partial charge in [0.25, 0.3) is 0 Å². The molecule has 6 rings (SSSR count). The third-order valence-electron chi connectivity index (χ3n) is 5.95. The molecule has 182 valence electrons. The number of halogens is 1. The van der Waals surface area contributed by atoms with E-state index < -0.39 is 0 Å². The first kappa shape index (κ1) is 22.5. The lowest BCUT2D eigenvalue weighted by Gasteiger charge is -2.06. The number of rotatable bonds is 6. The number of anilines is 1. The molecule has 0 bridgehead atoms. The van der Waals surface area contributed by atoms with Crippen molar-refractivity contribution in [3.8, 4) is 33.9 Å². The Morgan fingerprint density at radius 1 is 1.05 bits per heavy atom. The Morgan fingerprint density at radius 3 is 2.84 bits per heavy atom. The summed E-state index contributed by atoms with van der Waals surface area (Å²) in [7, 11) is 0. The van der Waals surface area contributed by atoms with E-state index in [1.807, 2.05) is 37.3 Å². The summed E-state index contributed by atoms with van der Waals surface area (Å²) in [6.45, 7) is 1.95. The van der Waals surface area contributed by atoms with Crippen LogP contribution in [-0.4, -0.2) is 41.0 Å². The number of carbonyl (C=O) groups excluding carboxylic acids is 1. The number of nitrogens with one attached hydrogen (secondary N) is 3. The average Bonchev–Trinajstić information content (AvgIpc) is 3.52. The van der Waals surface area contributed by atoms with Gasteiger partial charge in [-0.3, -0.25) is 14.9 Å². The fraction of sp³-hybridized carbons (Fsp3) is 0.111. The second kappa shape index (κ2) is 9.23. The standard InChI is InChI=1S/C27H21FN8O/c1-2-4-22(37)31-18-12-16(13-29-14-18)20-7-8-21-24(32-20)25(36-35-21)27-33-23-19(9-10-30-26(23)34-27)15-5-3-6-17(28)11-15/h3,5-14H,2,4H2,1H3,(H,31,37)(H,35,36)(H,30,33,34). The third-order valence-corrected chi connectivity index (χ3v) is 5.95. The molecule has 0 saturated carbocycles. The number of fused-ring (bicyclic) bond motifs is 2. The average molecular weight is 493 g/mol. The molecular formula is C27H21FN8O. The van der Waals surface area contributed by atoms with Crippen LogP contribution >= 0.6 is 0 Å². The zero-order valence-electron chi connectivity index (χ0n) is 19.8. The van der Waals surface area contributed by atoms with E-state index in [-0.39, 0.29) is 11.7 Å². The van der Waals surface area contributed by atoms with E-state index in [0.29, 0.717) is 51.6 Å². The highest BCUT2D eigenvalue weighted by Crippen LogP contribution is 2.31. The van der Waals surface area contributed by atoms with Gasteiger partial charge in [0.15, 0.2) is 17.2 Å². The first-order chi connectivity index (χ1) is 18.1. The van der Waals surface area contributed by atoms with Gasteiger partial charge in [0.05, 0.1) is 28.6 Å². The van der Waals surface area contributed by atoms with Crippen LogP contribution in [-0.2, 0) is 4.79 Å². The SMILES string of the molecule is CCCC(=O)Nc1cncc(-c2ccc3[nH]nc(-c4nc5nccc(-c6cccc(F)c6)c5[nH]4)c3n2)c1. The van der Waals surface area contributed by atoms with Gasteiger partial charge in [-0.15, -0.1) is 0 Å². The van der Waals surface area contributed by atoms with Crippen LogP contribution in [0.2, 0.25) is 0 Å². The lowest BCUT2D eigenvalue weighted by Crippen LogP contribution is -2.10. The molecule has 10 heteroatoms. The molecule has 0 aliphatic carbocycles. The summed E-state index contributed by atoms with van der Waals surface area (Å²) in [6, 6.07) is 13.8. The Bertz CT molecular complexity index is 1770. The number of benzene rings is 1. The van der Waals surface area contributed by atoms with E-state index in [0.717, 1.165) is 23.1 Å². The van der Waals surface area contributed by atoms with Crippen LogP contribution in [0.1, 0.15) is 19.8 Å². The van der Waals surface area contributed by atoms with Crippen molar-refractivity contribution in [3.05, 3.63) is 72.9 Å². The molecule has 5 aromatic heterocycles. The van der Waals surface area contributed by atoms with Gasteiger partial charge in [-0.1, -0.05) is 19.1 Å². The molecule has 0 aliphatic heterocycles. The molecule has 0 radical (unpaired) electrons. The Labute approximate surface area is 210 Å². The minimum Gasteiger partial charge on any atom is -0.335 e. The second-order valence-electron chi connectivity index (χ2n) is 8.58. The normalized spacial score (nSPS) is 11.3. The molecule has 1 amide bonds. The second-order valence-corrected chi connectivity index (χ2v) is 8.58. The summed E-state index contributed by atoms with van der Waals surface area (Å²) >= 11 is 0. The Kier molecular flexibility index (Phi) is 5.61. The summed E-state index contributed by atoms with van der Waals surface area (Å²) in [6.07, 6.45) is 6.16. The van der Waals surface area contributed by atoms with Crippen molar-refractivity contribution in [2.75, 3.05) is 5.32 Å². The van der Waals surface area contributed by atoms with Crippen molar-refractivity contribution in [2.45, 2.75) is 19.8 Å². The van der Waals surface area contributed by atoms with Crippen molar-refractivity contribution >= 4 is 33.8 Å². The molecule has 6 aromatic rings. The van der Waals surface area contributed by atoms with Gasteiger partial charge in [-0.25, -0.2) is 19.3 Å². The summed E-state index contributed by atoms with van der Waals surface area (Å²) < 4.78 is 13.9. The van der Waals surface area contributed by atoms with Crippen LogP contribution < -0.4 is 5.32 Å². The van der Waals surface area contributed by atoms with E-state index in [2.05, 4.69) is 35.5 Å². The molecule has 37 heavy (non-hydrogen) atoms. The van der Waals surface area contributed by atoms with Gasteiger partial charge < -0.3 is 10.3 Å². The van der Waals surface area contributed by atoms with Crippen LogP contribution in [0.5, 0.6) is 0 Å². The van der Waals surface area contributed by atoms with Crippen LogP contribution in [0.25, 0.3) is 56.1 Å². The number of hydrogen-bond acceptors (Lipinski definition) is 6. The monoisotopic (exact) mass is 492 g/mol. The molecule has 0 atom stereocenters. The predicted octanol–water partition coefficient (Wildman–Crippen LogP) is 5.50. The molecular weight excluding hydrogens is 471 g/mol. The molecule has 5 heterocycles. The van der Waals surface area contributed by atoms with E-state index >= 15 is 0 Å². The fourth-order valence-corrected chi connectivity index (χ4v) is 4.24. The molecule has 1 aromatic carbocycles. The number of imidazole rings is 1. The number of hydrogen-bond donors (Lipinski definition) is 3. The number of amides is 1. The highest BCUT2D eigenvalue weighted by molar-refractivity contribution is 5.95. The van der Waals surface area contributed by atoms with E-state index in [4.69, 9.17) is 4.98 Å². The molecule has 0 saturated heterocycles. The molecule has 0 unspecified atom stereocenters. The zero-order chi connectivity index (χ0) is 25.4. The number of aromatic nitrogens is 7. The van der Waals surface area contributed by atoms with Crippen LogP contribution in [0.3, 0.4) is 0 Å². The highest BCUT2D eigenvalue weighted by atomic mass is 19.1. The van der Waals surface area contributed by atoms with Crippen molar-refractivity contribution < 1.29 is 9.18 Å². The van der Waals surface area contributed by atoms with Crippen molar-refractivity contribution in [1.82, 2.24) is 35.1 Å². The van der Waals surface area contributed by atoms with Crippen LogP contribution in [0.15, 0.2) is 67.1 Å². The maximum atomic E-state index is 13.9. The molecule has 9 nitrogen and oxygen atoms in total. The lowest BCUT2D eigenvalue weighted by molar-refractivity contribution is -0.116. The summed E-state index contributed by atoms with van der Waals surface area (Å²) in [5.41, 5.74) is 6.57. The minimum atomic E-state index is -0.319. The first-order valence-corrected chi connectivity index (χ1v) is 11.8. The third kappa shape index (κ3) is 4.29. The first-order valence-electron chi connectivity index (χ1n) is 11.8. The van der Waals surface area contributed by atoms with Crippen molar-refractivity contribution in [3.63, 3.8) is 0 Å². The Balaban J connectivity index is 1.40. The molecule has 3 N–H and O–H groups in total. The zero-order valence-corrected chi connectivity index (χ0v) is 19.8. The van der Waals surface area contributed by atoms with Crippen LogP contribution in [0, 0.1) is 5.82 Å². The van der Waals surface area contributed by atoms with E-state index in [1.165, 1.54) is 12.1 Å². The molecule has 0 aliphatic rings. The quantitative estimate of drug-likeness (QED) is 0.282. The number of pyridine rings is 3. The van der Waals surface area contributed by atoms with Gasteiger partial charge in [0.1, 0.15) is 11.3 Å². The number of aromatic amines is 2. The van der Waals surface area contributed by atoms with Crippen molar-refractivity contribution in [2.24, 2.45) is 0 Å². The Hall–Kier alpha value is -4.99. The highest BCUT2D eigenvalue weighted by Gasteiger charge is 2.17. The van der Waals surface area contributed by atoms with Crippen LogP contribution in [0.4, 0.5) is 10.1 Å². The number of H-pyrrole nitrogens is 2. The smallest absolute Gasteiger partial charge is 0.224 e. The van der Waals surface area contributed by atoms with Crippen molar-refractivity contribution in [1.29, 1.82) is 0 Å². The number of nitrogens with zero attached hydrogens (tertiary/aromatic N) is 5. The molecule has 0 spiro atoms. The maximum absolute atomic E-state index is 13.9. The summed E-state index contributed by atoms with van der Waals surface area (Å²) in [5.74, 6) is 0.111. The topological polar surface area (TPSA) is 125 Å². The fourth-order valence-electron chi connectivity index (χ4n) is 4.24. The number of carbonyl (C=O) groups is 1. The van der Waals surface area contributed by atoms with Gasteiger partial charge in [0, 0.05) is 29.9 Å².